The van der Waals surface area contributed by atoms with Gasteiger partial charge in [-0.3, -0.25) is 0 Å². The standard InChI is InChI=1S/C102H79BN4S2/c1-100(2,3)66-54-79(62-30-14-10-15-31-62)94(80(55-66)63-32-16-11-17-33-63)106-87-60-69(104-85-42-26-22-38-71(85)75-48-50-77-73-40-24-28-44-91(73)108-98(77)96(75)104)46-52-83(87)103-84-53-47-70(105-86-43-27-23-39-72(86)76-49-51-78-74-41-25-29-45-92(74)109-99(78)97(76)105)61-88(84)107(90-59-68(102(7,8)9)58-89(106)93(90)103)95-81(64-34-18-12-19-35-64)56-67(101(4,5)6)57-82(95)65-36-20-13-21-37-65/h10-61H,1-9H3/i46D,47D,52D,53D,60D,61D. The Morgan fingerprint density at radius 2 is 0.615 bits per heavy atom. The number of nitrogens with zero attached hydrogens (tertiary/aromatic N) is 4. The fourth-order valence-electron chi connectivity index (χ4n) is 17.5. The van der Waals surface area contributed by atoms with Crippen LogP contribution in [0.15, 0.2) is 315 Å². The molecule has 7 heteroatoms. The highest BCUT2D eigenvalue weighted by Gasteiger charge is 2.47. The number of hydrogen-bond acceptors (Lipinski definition) is 4. The van der Waals surface area contributed by atoms with Crippen LogP contribution < -0.4 is 26.2 Å². The van der Waals surface area contributed by atoms with Crippen LogP contribution in [0.5, 0.6) is 0 Å². The first kappa shape index (κ1) is 59.1. The van der Waals surface area contributed by atoms with E-state index in [0.29, 0.717) is 33.7 Å². The Morgan fingerprint density at radius 1 is 0.303 bits per heavy atom. The normalized spacial score (nSPS) is 13.9. The van der Waals surface area contributed by atoms with Gasteiger partial charge in [0.05, 0.1) is 51.1 Å². The average molecular weight is 1440 g/mol. The van der Waals surface area contributed by atoms with Crippen LogP contribution in [0.2, 0.25) is 0 Å². The van der Waals surface area contributed by atoms with Gasteiger partial charge in [-0.2, -0.15) is 0 Å². The lowest BCUT2D eigenvalue weighted by Gasteiger charge is -2.47. The van der Waals surface area contributed by atoms with Crippen LogP contribution in [0.4, 0.5) is 34.1 Å². The smallest absolute Gasteiger partial charge is 0.252 e. The van der Waals surface area contributed by atoms with E-state index in [1.54, 1.807) is 22.7 Å². The number of rotatable bonds is 8. The van der Waals surface area contributed by atoms with Crippen LogP contribution in [0.3, 0.4) is 0 Å². The molecule has 21 rings (SSSR count). The van der Waals surface area contributed by atoms with Gasteiger partial charge in [-0.05, 0) is 156 Å². The third kappa shape index (κ3) is 10.1. The van der Waals surface area contributed by atoms with E-state index >= 15 is 0 Å². The van der Waals surface area contributed by atoms with Gasteiger partial charge in [0.25, 0.3) is 6.71 Å². The van der Waals surface area contributed by atoms with Gasteiger partial charge in [0.2, 0.25) is 0 Å². The summed E-state index contributed by atoms with van der Waals surface area (Å²) in [5.74, 6) is 0. The minimum atomic E-state index is -1.15. The minimum absolute atomic E-state index is 0.0144. The Bertz CT molecular complexity index is 6820. The Morgan fingerprint density at radius 3 is 0.972 bits per heavy atom. The molecule has 0 bridgehead atoms. The zero-order valence-electron chi connectivity index (χ0n) is 68.2. The highest BCUT2D eigenvalue weighted by atomic mass is 32.1. The molecule has 0 saturated carbocycles. The van der Waals surface area contributed by atoms with Crippen molar-refractivity contribution in [2.45, 2.75) is 78.6 Å². The van der Waals surface area contributed by atoms with Crippen LogP contribution in [-0.2, 0) is 16.2 Å². The first-order valence-electron chi connectivity index (χ1n) is 40.9. The predicted molar refractivity (Wildman–Crippen MR) is 473 cm³/mol. The fraction of sp³-hybridized carbons (Fsp3) is 0.118. The molecular formula is C102H79BN4S2. The van der Waals surface area contributed by atoms with Crippen LogP contribution in [0, 0.1) is 0 Å². The van der Waals surface area contributed by atoms with E-state index in [1.165, 1.54) is 0 Å². The Balaban J connectivity index is 1.00. The second kappa shape index (κ2) is 24.3. The number of para-hydroxylation sites is 2. The number of aromatic nitrogens is 2. The van der Waals surface area contributed by atoms with Gasteiger partial charge in [0.1, 0.15) is 0 Å². The van der Waals surface area contributed by atoms with Crippen LogP contribution >= 0.6 is 22.7 Å². The summed E-state index contributed by atoms with van der Waals surface area (Å²) < 4.78 is 78.5. The van der Waals surface area contributed by atoms with Gasteiger partial charge in [-0.1, -0.05) is 293 Å². The molecule has 0 atom stereocenters. The zero-order valence-corrected chi connectivity index (χ0v) is 63.9. The maximum absolute atomic E-state index is 12.0. The lowest BCUT2D eigenvalue weighted by Crippen LogP contribution is -2.61. The third-order valence-corrected chi connectivity index (χ3v) is 25.3. The van der Waals surface area contributed by atoms with E-state index in [-0.39, 0.29) is 58.5 Å². The second-order valence-electron chi connectivity index (χ2n) is 32.6. The van der Waals surface area contributed by atoms with Gasteiger partial charge in [0.15, 0.2) is 0 Å². The summed E-state index contributed by atoms with van der Waals surface area (Å²) in [6.07, 6.45) is 0. The summed E-state index contributed by atoms with van der Waals surface area (Å²) in [5.41, 5.74) is 18.0. The van der Waals surface area contributed by atoms with E-state index in [1.807, 2.05) is 12.1 Å². The van der Waals surface area contributed by atoms with Gasteiger partial charge in [0, 0.05) is 109 Å². The molecule has 19 aromatic rings. The molecule has 15 aromatic carbocycles. The number of hydrogen-bond donors (Lipinski definition) is 0. The molecule has 522 valence electrons. The van der Waals surface area contributed by atoms with E-state index in [0.717, 1.165) is 162 Å². The van der Waals surface area contributed by atoms with Crippen molar-refractivity contribution >= 4 is 164 Å². The van der Waals surface area contributed by atoms with Gasteiger partial charge in [-0.25, -0.2) is 0 Å². The molecule has 0 fully saturated rings. The van der Waals surface area contributed by atoms with Crippen molar-refractivity contribution in [2.75, 3.05) is 9.80 Å². The molecule has 0 unspecified atom stereocenters. The van der Waals surface area contributed by atoms with Crippen molar-refractivity contribution in [1.82, 2.24) is 9.13 Å². The number of fused-ring (bicyclic) bond motifs is 18. The molecule has 4 aromatic heterocycles. The maximum atomic E-state index is 12.0. The SMILES string of the molecule is [2H]c1c([2H])c(-n2c3ccccc3c3ccc4c5ccccc5sc4c32)c([2H])c2c1B1c3c(cc(C(C)(C)C)cc3N(c3c(-c4ccccc4)cc(C(C)(C)C)cc3-c3ccccc3)c3c([2H])c(-n4c5ccccc5c5ccc6c7ccccc7sc6c54)c([2H])c([2H])c31)N2c1c(-c2ccccc2)cc(C(C)(C)C)cc1-c1ccccc1. The summed E-state index contributed by atoms with van der Waals surface area (Å²) in [5, 5.41) is 8.19. The topological polar surface area (TPSA) is 16.3 Å². The molecule has 2 aliphatic heterocycles. The molecule has 0 spiro atoms. The van der Waals surface area contributed by atoms with Crippen molar-refractivity contribution < 1.29 is 8.22 Å². The summed E-state index contributed by atoms with van der Waals surface area (Å²) in [4.78, 5) is 4.61. The molecule has 0 radical (unpaired) electrons. The Hall–Kier alpha value is -12.0. The second-order valence-corrected chi connectivity index (χ2v) is 34.7. The van der Waals surface area contributed by atoms with E-state index in [2.05, 4.69) is 348 Å². The summed E-state index contributed by atoms with van der Waals surface area (Å²) in [6.45, 7) is 19.2. The largest absolute Gasteiger partial charge is 0.310 e. The summed E-state index contributed by atoms with van der Waals surface area (Å²) >= 11 is 3.40. The summed E-state index contributed by atoms with van der Waals surface area (Å²) in [6, 6.07) is 98.1. The molecular weight excluding hydrogens is 1360 g/mol. The molecule has 0 amide bonds. The lowest BCUT2D eigenvalue weighted by atomic mass is 9.33. The molecule has 2 aliphatic rings. The van der Waals surface area contributed by atoms with Crippen molar-refractivity contribution in [3.63, 3.8) is 0 Å². The van der Waals surface area contributed by atoms with Crippen molar-refractivity contribution in [3.8, 4) is 55.9 Å². The predicted octanol–water partition coefficient (Wildman–Crippen LogP) is 27.3. The minimum Gasteiger partial charge on any atom is -0.310 e. The monoisotopic (exact) mass is 1440 g/mol. The van der Waals surface area contributed by atoms with E-state index in [9.17, 15) is 8.22 Å². The van der Waals surface area contributed by atoms with Crippen LogP contribution in [0.1, 0.15) is 87.2 Å². The van der Waals surface area contributed by atoms with Crippen LogP contribution in [0.25, 0.3) is 140 Å². The van der Waals surface area contributed by atoms with Crippen LogP contribution in [-0.4, -0.2) is 15.8 Å². The Labute approximate surface area is 653 Å². The van der Waals surface area contributed by atoms with Gasteiger partial charge in [-0.15, -0.1) is 22.7 Å². The highest BCUT2D eigenvalue weighted by Crippen LogP contribution is 2.57. The fourth-order valence-corrected chi connectivity index (χ4v) is 20.0. The summed E-state index contributed by atoms with van der Waals surface area (Å²) in [7, 11) is 0. The molecule has 4 nitrogen and oxygen atoms in total. The first-order chi connectivity index (χ1) is 55.5. The molecule has 6 heterocycles. The molecule has 0 aliphatic carbocycles. The zero-order chi connectivity index (χ0) is 78.7. The van der Waals surface area contributed by atoms with Gasteiger partial charge < -0.3 is 18.9 Å². The van der Waals surface area contributed by atoms with Gasteiger partial charge >= 0.3 is 0 Å². The van der Waals surface area contributed by atoms with Crippen molar-refractivity contribution in [2.24, 2.45) is 0 Å². The number of thiophene rings is 2. The number of anilines is 6. The average Bonchev–Trinajstić information content (AvgIpc) is 1.56. The highest BCUT2D eigenvalue weighted by molar-refractivity contribution is 7.27. The molecule has 0 saturated heterocycles. The molecule has 0 N–H and O–H groups in total. The van der Waals surface area contributed by atoms with Crippen molar-refractivity contribution in [1.29, 1.82) is 0 Å². The maximum Gasteiger partial charge on any atom is 0.252 e. The Kier molecular flexibility index (Phi) is 13.2. The van der Waals surface area contributed by atoms with E-state index < -0.39 is 12.1 Å². The lowest BCUT2D eigenvalue weighted by molar-refractivity contribution is 0.590. The molecule has 109 heavy (non-hydrogen) atoms. The number of benzene rings is 15. The third-order valence-electron chi connectivity index (χ3n) is 23.0. The van der Waals surface area contributed by atoms with Crippen molar-refractivity contribution in [3.05, 3.63) is 332 Å². The quantitative estimate of drug-likeness (QED) is 0.141. The van der Waals surface area contributed by atoms with E-state index in [4.69, 9.17) is 0 Å². The first-order valence-corrected chi connectivity index (χ1v) is 39.5.